The molecule has 37 heavy (non-hydrogen) atoms. The molecule has 1 heterocycles. The summed E-state index contributed by atoms with van der Waals surface area (Å²) >= 11 is 0. The van der Waals surface area contributed by atoms with Gasteiger partial charge < -0.3 is 15.4 Å². The summed E-state index contributed by atoms with van der Waals surface area (Å²) in [5, 5.41) is 13.9. The van der Waals surface area contributed by atoms with Gasteiger partial charge in [-0.2, -0.15) is 4.31 Å². The third-order valence-electron chi connectivity index (χ3n) is 6.33. The number of nitrogens with zero attached hydrogens (tertiary/aromatic N) is 1. The van der Waals surface area contributed by atoms with E-state index in [2.05, 4.69) is 10.3 Å². The Kier molecular flexibility index (Phi) is 9.88. The number of H-pyrrole nitrogens is 1. The Balaban J connectivity index is 1.53. The molecule has 3 aromatic rings. The molecule has 0 saturated carbocycles. The van der Waals surface area contributed by atoms with Crippen LogP contribution in [-0.4, -0.2) is 53.8 Å². The van der Waals surface area contributed by atoms with Crippen LogP contribution in [0, 0.1) is 12.8 Å². The van der Waals surface area contributed by atoms with Crippen molar-refractivity contribution in [3.05, 3.63) is 65.9 Å². The monoisotopic (exact) mass is 527 g/mol. The molecule has 0 aliphatic rings. The van der Waals surface area contributed by atoms with Gasteiger partial charge in [-0.15, -0.1) is 0 Å². The second kappa shape index (κ2) is 12.9. The summed E-state index contributed by atoms with van der Waals surface area (Å²) in [6.45, 7) is 6.11. The average molecular weight is 528 g/mol. The quantitative estimate of drug-likeness (QED) is 0.267. The van der Waals surface area contributed by atoms with Crippen LogP contribution in [0.4, 0.5) is 0 Å². The van der Waals surface area contributed by atoms with Crippen LogP contribution in [0.25, 0.3) is 10.9 Å². The summed E-state index contributed by atoms with van der Waals surface area (Å²) < 4.78 is 27.8. The number of fused-ring (bicyclic) bond motifs is 1. The van der Waals surface area contributed by atoms with E-state index >= 15 is 0 Å². The van der Waals surface area contributed by atoms with Crippen LogP contribution in [-0.2, 0) is 26.0 Å². The third kappa shape index (κ3) is 7.66. The van der Waals surface area contributed by atoms with Crippen LogP contribution < -0.4 is 5.32 Å². The topological polar surface area (TPSA) is 120 Å². The van der Waals surface area contributed by atoms with Crippen LogP contribution >= 0.6 is 0 Å². The van der Waals surface area contributed by atoms with Gasteiger partial charge in [0.1, 0.15) is 6.04 Å². The summed E-state index contributed by atoms with van der Waals surface area (Å²) in [6, 6.07) is 13.2. The minimum atomic E-state index is -3.98. The number of benzene rings is 2. The fourth-order valence-electron chi connectivity index (χ4n) is 4.35. The Hall–Kier alpha value is -3.17. The van der Waals surface area contributed by atoms with E-state index < -0.39 is 22.0 Å². The molecule has 0 saturated heterocycles. The standard InChI is InChI=1S/C28H37N3O5S/c1-20(2)19-31(37(35,36)23-14-11-21(3)12-15-23)26(28(33)34)10-6-7-17-29-27(32)16-13-22-18-30-25-9-5-4-8-24(22)25/h4-5,8-9,11-12,14-15,18,20,26,30H,6-7,10,13,16-17,19H2,1-3H3,(H,29,32)(H,33,34)/t26-/m0/s1. The summed E-state index contributed by atoms with van der Waals surface area (Å²) in [7, 11) is -3.98. The zero-order chi connectivity index (χ0) is 27.0. The molecule has 1 amide bonds. The van der Waals surface area contributed by atoms with Crippen molar-refractivity contribution in [2.45, 2.75) is 63.8 Å². The normalized spacial score (nSPS) is 12.8. The number of sulfonamides is 1. The van der Waals surface area contributed by atoms with Crippen molar-refractivity contribution < 1.29 is 23.1 Å². The molecule has 9 heteroatoms. The van der Waals surface area contributed by atoms with Crippen LogP contribution in [0.2, 0.25) is 0 Å². The molecular formula is C28H37N3O5S. The van der Waals surface area contributed by atoms with Gasteiger partial charge in [0.05, 0.1) is 4.90 Å². The van der Waals surface area contributed by atoms with Crippen molar-refractivity contribution in [2.75, 3.05) is 13.1 Å². The maximum absolute atomic E-state index is 13.4. The Bertz CT molecular complexity index is 1300. The first-order valence-corrected chi connectivity index (χ1v) is 14.2. The van der Waals surface area contributed by atoms with Gasteiger partial charge in [-0.05, 0) is 62.3 Å². The van der Waals surface area contributed by atoms with Gasteiger partial charge in [-0.3, -0.25) is 9.59 Å². The van der Waals surface area contributed by atoms with Crippen molar-refractivity contribution in [1.29, 1.82) is 0 Å². The number of hydrogen-bond acceptors (Lipinski definition) is 4. The average Bonchev–Trinajstić information content (AvgIpc) is 3.27. The molecule has 0 spiro atoms. The molecule has 8 nitrogen and oxygen atoms in total. The van der Waals surface area contributed by atoms with E-state index in [0.717, 1.165) is 26.3 Å². The Morgan fingerprint density at radius 3 is 2.43 bits per heavy atom. The van der Waals surface area contributed by atoms with Crippen molar-refractivity contribution in [3.63, 3.8) is 0 Å². The molecule has 3 rings (SSSR count). The lowest BCUT2D eigenvalue weighted by atomic mass is 10.1. The molecule has 0 bridgehead atoms. The number of aryl methyl sites for hydroxylation is 2. The van der Waals surface area contributed by atoms with Gasteiger partial charge in [0, 0.05) is 36.6 Å². The molecule has 0 unspecified atom stereocenters. The highest BCUT2D eigenvalue weighted by Crippen LogP contribution is 2.23. The Labute approximate surface area is 219 Å². The summed E-state index contributed by atoms with van der Waals surface area (Å²) in [6.07, 6.45) is 4.10. The highest BCUT2D eigenvalue weighted by Gasteiger charge is 2.35. The first kappa shape index (κ1) is 28.4. The van der Waals surface area contributed by atoms with E-state index in [1.807, 2.05) is 51.2 Å². The molecular weight excluding hydrogens is 490 g/mol. The Morgan fingerprint density at radius 1 is 1.05 bits per heavy atom. The van der Waals surface area contributed by atoms with Gasteiger partial charge in [-0.25, -0.2) is 8.42 Å². The van der Waals surface area contributed by atoms with Crippen molar-refractivity contribution in [1.82, 2.24) is 14.6 Å². The number of aliphatic carboxylic acids is 1. The fourth-order valence-corrected chi connectivity index (χ4v) is 6.13. The first-order valence-electron chi connectivity index (χ1n) is 12.7. The third-order valence-corrected chi connectivity index (χ3v) is 8.22. The zero-order valence-electron chi connectivity index (χ0n) is 21.7. The van der Waals surface area contributed by atoms with Gasteiger partial charge in [0.2, 0.25) is 15.9 Å². The van der Waals surface area contributed by atoms with E-state index in [-0.39, 0.29) is 29.7 Å². The number of aromatic nitrogens is 1. The maximum atomic E-state index is 13.4. The number of para-hydroxylation sites is 1. The summed E-state index contributed by atoms with van der Waals surface area (Å²) in [5.74, 6) is -1.28. The number of carboxylic acids is 1. The lowest BCUT2D eigenvalue weighted by Crippen LogP contribution is -2.46. The maximum Gasteiger partial charge on any atom is 0.322 e. The van der Waals surface area contributed by atoms with Crippen molar-refractivity contribution >= 4 is 32.8 Å². The predicted molar refractivity (Wildman–Crippen MR) is 145 cm³/mol. The number of nitrogens with one attached hydrogen (secondary N) is 2. The number of carboxylic acid groups (broad SMARTS) is 1. The van der Waals surface area contributed by atoms with Crippen LogP contribution in [0.3, 0.4) is 0 Å². The van der Waals surface area contributed by atoms with Gasteiger partial charge >= 0.3 is 5.97 Å². The molecule has 1 atom stereocenters. The van der Waals surface area contributed by atoms with Crippen LogP contribution in [0.15, 0.2) is 59.6 Å². The molecule has 1 aromatic heterocycles. The second-order valence-electron chi connectivity index (χ2n) is 9.84. The van der Waals surface area contributed by atoms with E-state index in [0.29, 0.717) is 32.2 Å². The minimum Gasteiger partial charge on any atom is -0.480 e. The Morgan fingerprint density at radius 2 is 1.76 bits per heavy atom. The van der Waals surface area contributed by atoms with Gasteiger partial charge in [-0.1, -0.05) is 49.7 Å². The number of hydrogen-bond donors (Lipinski definition) is 3. The largest absolute Gasteiger partial charge is 0.480 e. The molecule has 0 aliphatic heterocycles. The minimum absolute atomic E-state index is 0.0430. The van der Waals surface area contributed by atoms with Crippen LogP contribution in [0.5, 0.6) is 0 Å². The molecule has 0 aliphatic carbocycles. The predicted octanol–water partition coefficient (Wildman–Crippen LogP) is 4.50. The highest BCUT2D eigenvalue weighted by molar-refractivity contribution is 7.89. The molecule has 0 radical (unpaired) electrons. The number of rotatable bonds is 14. The molecule has 200 valence electrons. The smallest absolute Gasteiger partial charge is 0.322 e. The lowest BCUT2D eigenvalue weighted by Gasteiger charge is -2.29. The number of carbonyl (C=O) groups excluding carboxylic acids is 1. The van der Waals surface area contributed by atoms with Crippen molar-refractivity contribution in [3.8, 4) is 0 Å². The van der Waals surface area contributed by atoms with Crippen molar-refractivity contribution in [2.24, 2.45) is 5.92 Å². The van der Waals surface area contributed by atoms with Crippen LogP contribution in [0.1, 0.15) is 50.7 Å². The fraction of sp³-hybridized carbons (Fsp3) is 0.429. The number of unbranched alkanes of at least 4 members (excludes halogenated alkanes) is 1. The number of amides is 1. The van der Waals surface area contributed by atoms with E-state index in [1.54, 1.807) is 12.1 Å². The summed E-state index contributed by atoms with van der Waals surface area (Å²) in [5.41, 5.74) is 3.06. The van der Waals surface area contributed by atoms with E-state index in [4.69, 9.17) is 0 Å². The molecule has 3 N–H and O–H groups in total. The summed E-state index contributed by atoms with van der Waals surface area (Å²) in [4.78, 5) is 27.8. The second-order valence-corrected chi connectivity index (χ2v) is 11.7. The molecule has 0 fully saturated rings. The lowest BCUT2D eigenvalue weighted by molar-refractivity contribution is -0.142. The SMILES string of the molecule is Cc1ccc(S(=O)(=O)N(CC(C)C)[C@@H](CCCCNC(=O)CCc2c[nH]c3ccccc23)C(=O)O)cc1. The number of carbonyl (C=O) groups is 2. The van der Waals surface area contributed by atoms with Gasteiger partial charge in [0.15, 0.2) is 0 Å². The van der Waals surface area contributed by atoms with Gasteiger partial charge in [0.25, 0.3) is 0 Å². The number of aromatic amines is 1. The highest BCUT2D eigenvalue weighted by atomic mass is 32.2. The molecule has 2 aromatic carbocycles. The first-order chi connectivity index (χ1) is 17.6. The zero-order valence-corrected chi connectivity index (χ0v) is 22.6. The van der Waals surface area contributed by atoms with E-state index in [9.17, 15) is 23.1 Å². The van der Waals surface area contributed by atoms with E-state index in [1.165, 1.54) is 12.1 Å².